The third-order valence-corrected chi connectivity index (χ3v) is 5.88. The number of halogens is 1. The molecule has 0 aromatic heterocycles. The van der Waals surface area contributed by atoms with E-state index in [0.29, 0.717) is 0 Å². The van der Waals surface area contributed by atoms with E-state index in [1.54, 1.807) is 25.8 Å². The number of hydrogen-bond donors (Lipinski definition) is 1. The molecule has 20 heavy (non-hydrogen) atoms. The maximum atomic E-state index is 12.3. The fourth-order valence-corrected chi connectivity index (χ4v) is 3.75. The van der Waals surface area contributed by atoms with Crippen molar-refractivity contribution in [3.05, 3.63) is 0 Å². The van der Waals surface area contributed by atoms with Crippen LogP contribution in [0, 0.1) is 5.92 Å². The van der Waals surface area contributed by atoms with Gasteiger partial charge < -0.3 is 10.6 Å². The molecule has 1 rings (SSSR count). The highest BCUT2D eigenvalue weighted by molar-refractivity contribution is 7.91. The van der Waals surface area contributed by atoms with Crippen molar-refractivity contribution in [2.24, 2.45) is 11.7 Å². The van der Waals surface area contributed by atoms with Crippen LogP contribution in [-0.4, -0.2) is 49.9 Å². The predicted molar refractivity (Wildman–Crippen MR) is 83.7 cm³/mol. The van der Waals surface area contributed by atoms with Gasteiger partial charge in [0.25, 0.3) is 0 Å². The van der Waals surface area contributed by atoms with Crippen molar-refractivity contribution in [2.45, 2.75) is 51.6 Å². The molecule has 3 atom stereocenters. The first-order valence-electron chi connectivity index (χ1n) is 6.99. The highest BCUT2D eigenvalue weighted by Crippen LogP contribution is 2.25. The zero-order valence-corrected chi connectivity index (χ0v) is 14.2. The maximum absolute atomic E-state index is 12.3. The van der Waals surface area contributed by atoms with Crippen LogP contribution in [0.1, 0.15) is 39.5 Å². The number of sulfone groups is 1. The minimum Gasteiger partial charge on any atom is -0.342 e. The zero-order chi connectivity index (χ0) is 14.6. The zero-order valence-electron chi connectivity index (χ0n) is 12.5. The third kappa shape index (κ3) is 5.58. The van der Waals surface area contributed by atoms with Gasteiger partial charge in [0.2, 0.25) is 5.91 Å². The molecular weight excluding hydrogens is 300 g/mol. The second kappa shape index (κ2) is 8.20. The Bertz CT molecular complexity index is 414. The van der Waals surface area contributed by atoms with Crippen LogP contribution in [0.15, 0.2) is 0 Å². The molecule has 120 valence electrons. The van der Waals surface area contributed by atoms with Gasteiger partial charge in [0, 0.05) is 30.8 Å². The number of carbonyl (C=O) groups excluding carboxylic acids is 1. The first kappa shape index (κ1) is 19.7. The van der Waals surface area contributed by atoms with Gasteiger partial charge in [-0.2, -0.15) is 0 Å². The number of nitrogens with zero attached hydrogens (tertiary/aromatic N) is 1. The van der Waals surface area contributed by atoms with E-state index in [0.717, 1.165) is 25.7 Å². The van der Waals surface area contributed by atoms with Crippen molar-refractivity contribution in [1.82, 2.24) is 4.90 Å². The van der Waals surface area contributed by atoms with Gasteiger partial charge in [0.15, 0.2) is 9.84 Å². The van der Waals surface area contributed by atoms with E-state index in [1.165, 1.54) is 0 Å². The van der Waals surface area contributed by atoms with Crippen LogP contribution >= 0.6 is 12.4 Å². The Morgan fingerprint density at radius 1 is 1.40 bits per heavy atom. The molecule has 0 radical (unpaired) electrons. The smallest absolute Gasteiger partial charge is 0.225 e. The molecule has 3 unspecified atom stereocenters. The first-order chi connectivity index (χ1) is 8.76. The van der Waals surface area contributed by atoms with Gasteiger partial charge >= 0.3 is 0 Å². The summed E-state index contributed by atoms with van der Waals surface area (Å²) in [6.45, 7) is 3.41. The Morgan fingerprint density at radius 2 is 2.00 bits per heavy atom. The summed E-state index contributed by atoms with van der Waals surface area (Å²) in [5.41, 5.74) is 5.90. The Kier molecular flexibility index (Phi) is 8.06. The quantitative estimate of drug-likeness (QED) is 0.823. The number of nitrogens with two attached hydrogens (primary N) is 1. The highest BCUT2D eigenvalue weighted by Gasteiger charge is 2.30. The van der Waals surface area contributed by atoms with E-state index >= 15 is 0 Å². The normalized spacial score (nSPS) is 24.6. The Balaban J connectivity index is 0.00000361. The van der Waals surface area contributed by atoms with E-state index in [4.69, 9.17) is 5.73 Å². The topological polar surface area (TPSA) is 80.5 Å². The van der Waals surface area contributed by atoms with E-state index in [2.05, 4.69) is 0 Å². The molecule has 2 N–H and O–H groups in total. The predicted octanol–water partition coefficient (Wildman–Crippen LogP) is 1.21. The SMILES string of the molecule is CCS(=O)(=O)CC(C)N(C)C(=O)C1CCCC(N)C1.Cl. The van der Waals surface area contributed by atoms with Crippen LogP contribution in [-0.2, 0) is 14.6 Å². The third-order valence-electron chi connectivity index (χ3n) is 4.01. The van der Waals surface area contributed by atoms with E-state index in [9.17, 15) is 13.2 Å². The van der Waals surface area contributed by atoms with Gasteiger partial charge in [0.1, 0.15) is 0 Å². The lowest BCUT2D eigenvalue weighted by Gasteiger charge is -2.32. The number of amides is 1. The second-order valence-corrected chi connectivity index (χ2v) is 8.02. The fourth-order valence-electron chi connectivity index (χ4n) is 2.55. The van der Waals surface area contributed by atoms with Gasteiger partial charge in [-0.1, -0.05) is 13.3 Å². The summed E-state index contributed by atoms with van der Waals surface area (Å²) in [4.78, 5) is 13.9. The molecule has 0 aromatic rings. The molecule has 0 saturated heterocycles. The summed E-state index contributed by atoms with van der Waals surface area (Å²) in [6, 6.07) is -0.179. The van der Waals surface area contributed by atoms with Crippen molar-refractivity contribution in [3.63, 3.8) is 0 Å². The molecule has 0 heterocycles. The van der Waals surface area contributed by atoms with Gasteiger partial charge in [-0.05, 0) is 26.2 Å². The van der Waals surface area contributed by atoms with E-state index in [1.807, 2.05) is 0 Å². The van der Waals surface area contributed by atoms with Crippen LogP contribution in [0.2, 0.25) is 0 Å². The van der Waals surface area contributed by atoms with Crippen LogP contribution in [0.5, 0.6) is 0 Å². The largest absolute Gasteiger partial charge is 0.342 e. The number of hydrogen-bond acceptors (Lipinski definition) is 4. The van der Waals surface area contributed by atoms with E-state index in [-0.39, 0.29) is 47.8 Å². The Morgan fingerprint density at radius 3 is 2.50 bits per heavy atom. The maximum Gasteiger partial charge on any atom is 0.225 e. The van der Waals surface area contributed by atoms with Gasteiger partial charge in [-0.15, -0.1) is 12.4 Å². The minimum atomic E-state index is -3.06. The monoisotopic (exact) mass is 326 g/mol. The van der Waals surface area contributed by atoms with Crippen molar-refractivity contribution in [1.29, 1.82) is 0 Å². The molecule has 0 aromatic carbocycles. The first-order valence-corrected chi connectivity index (χ1v) is 8.81. The second-order valence-electron chi connectivity index (χ2n) is 5.62. The molecule has 5 nitrogen and oxygen atoms in total. The molecule has 1 aliphatic carbocycles. The number of rotatable bonds is 5. The molecule has 0 aliphatic heterocycles. The average Bonchev–Trinajstić information content (AvgIpc) is 2.36. The van der Waals surface area contributed by atoms with Crippen LogP contribution < -0.4 is 5.73 Å². The molecule has 1 amide bonds. The van der Waals surface area contributed by atoms with Crippen molar-refractivity contribution in [3.8, 4) is 0 Å². The van der Waals surface area contributed by atoms with Crippen LogP contribution in [0.3, 0.4) is 0 Å². The summed E-state index contributed by atoms with van der Waals surface area (Å²) in [5, 5.41) is 0. The van der Waals surface area contributed by atoms with Gasteiger partial charge in [-0.25, -0.2) is 8.42 Å². The standard InChI is InChI=1S/C13H26N2O3S.ClH/c1-4-19(17,18)9-10(2)15(3)13(16)11-6-5-7-12(14)8-11;/h10-12H,4-9,14H2,1-3H3;1H. The molecule has 1 fully saturated rings. The Hall–Kier alpha value is -0.330. The molecular formula is C13H27ClN2O3S. The summed E-state index contributed by atoms with van der Waals surface area (Å²) >= 11 is 0. The van der Waals surface area contributed by atoms with Crippen LogP contribution in [0.25, 0.3) is 0 Å². The summed E-state index contributed by atoms with van der Waals surface area (Å²) in [7, 11) is -1.36. The Labute approximate surface area is 128 Å². The van der Waals surface area contributed by atoms with Crippen molar-refractivity contribution < 1.29 is 13.2 Å². The lowest BCUT2D eigenvalue weighted by atomic mass is 9.85. The van der Waals surface area contributed by atoms with Crippen molar-refractivity contribution >= 4 is 28.2 Å². The number of carbonyl (C=O) groups is 1. The fraction of sp³-hybridized carbons (Fsp3) is 0.923. The van der Waals surface area contributed by atoms with Gasteiger partial charge in [0.05, 0.1) is 5.75 Å². The van der Waals surface area contributed by atoms with Crippen LogP contribution in [0.4, 0.5) is 0 Å². The lowest BCUT2D eigenvalue weighted by molar-refractivity contribution is -0.136. The van der Waals surface area contributed by atoms with Crippen molar-refractivity contribution in [2.75, 3.05) is 18.6 Å². The van der Waals surface area contributed by atoms with Gasteiger partial charge in [-0.3, -0.25) is 4.79 Å². The summed E-state index contributed by atoms with van der Waals surface area (Å²) in [5.74, 6) is 0.146. The lowest BCUT2D eigenvalue weighted by Crippen LogP contribution is -2.45. The molecule has 0 spiro atoms. The average molecular weight is 327 g/mol. The molecule has 7 heteroatoms. The minimum absolute atomic E-state index is 0. The molecule has 0 bridgehead atoms. The molecule has 1 aliphatic rings. The highest BCUT2D eigenvalue weighted by atomic mass is 35.5. The molecule has 1 saturated carbocycles. The summed E-state index contributed by atoms with van der Waals surface area (Å²) in [6.07, 6.45) is 3.54. The summed E-state index contributed by atoms with van der Waals surface area (Å²) < 4.78 is 23.2. The van der Waals surface area contributed by atoms with E-state index < -0.39 is 9.84 Å².